The lowest BCUT2D eigenvalue weighted by atomic mass is 9.99. The van der Waals surface area contributed by atoms with Crippen LogP contribution in [0.3, 0.4) is 0 Å². The van der Waals surface area contributed by atoms with Gasteiger partial charge in [-0.25, -0.2) is 0 Å². The van der Waals surface area contributed by atoms with Crippen LogP contribution in [0.15, 0.2) is 60.8 Å². The normalized spacial score (nSPS) is 15.5. The molecule has 4 rings (SSSR count). The van der Waals surface area contributed by atoms with Gasteiger partial charge in [0.1, 0.15) is 0 Å². The quantitative estimate of drug-likeness (QED) is 0.639. The highest BCUT2D eigenvalue weighted by molar-refractivity contribution is 6.32. The second kappa shape index (κ2) is 7.47. The summed E-state index contributed by atoms with van der Waals surface area (Å²) in [6.45, 7) is 3.31. The van der Waals surface area contributed by atoms with Crippen LogP contribution in [0.1, 0.15) is 24.0 Å². The fourth-order valence-electron chi connectivity index (χ4n) is 3.73. The van der Waals surface area contributed by atoms with E-state index >= 15 is 0 Å². The number of aromatic nitrogens is 1. The molecule has 0 saturated carbocycles. The summed E-state index contributed by atoms with van der Waals surface area (Å²) < 4.78 is 0. The van der Waals surface area contributed by atoms with E-state index < -0.39 is 0 Å². The Morgan fingerprint density at radius 3 is 2.72 bits per heavy atom. The zero-order valence-electron chi connectivity index (χ0n) is 14.3. The molecule has 1 aliphatic heterocycles. The molecule has 0 radical (unpaired) electrons. The second-order valence-electron chi connectivity index (χ2n) is 6.71. The summed E-state index contributed by atoms with van der Waals surface area (Å²) in [5.41, 5.74) is 5.30. The molecule has 3 heteroatoms. The van der Waals surface area contributed by atoms with Crippen LogP contribution < -0.4 is 0 Å². The van der Waals surface area contributed by atoms with E-state index in [1.54, 1.807) is 0 Å². The molecular formula is C22H23ClN2. The summed E-state index contributed by atoms with van der Waals surface area (Å²) in [5, 5.41) is 2.15. The minimum absolute atomic E-state index is 0.886. The smallest absolute Gasteiger partial charge is 0.0457 e. The van der Waals surface area contributed by atoms with Crippen molar-refractivity contribution in [2.24, 2.45) is 0 Å². The third-order valence-electron chi connectivity index (χ3n) is 5.13. The highest BCUT2D eigenvalue weighted by atomic mass is 35.5. The minimum atomic E-state index is 0.886. The van der Waals surface area contributed by atoms with Crippen molar-refractivity contribution in [1.82, 2.24) is 9.88 Å². The molecule has 2 heterocycles. The van der Waals surface area contributed by atoms with Gasteiger partial charge in [-0.05, 0) is 60.7 Å². The van der Waals surface area contributed by atoms with Crippen molar-refractivity contribution in [3.05, 3.63) is 77.0 Å². The molecule has 0 spiro atoms. The summed E-state index contributed by atoms with van der Waals surface area (Å²) in [4.78, 5) is 5.81. The Hall–Kier alpha value is -2.03. The van der Waals surface area contributed by atoms with Crippen LogP contribution in [-0.4, -0.2) is 29.5 Å². The topological polar surface area (TPSA) is 19.0 Å². The summed E-state index contributed by atoms with van der Waals surface area (Å²) >= 11 is 6.43. The number of hydrogen-bond donors (Lipinski definition) is 1. The summed E-state index contributed by atoms with van der Waals surface area (Å²) in [6, 6.07) is 16.9. The van der Waals surface area contributed by atoms with Gasteiger partial charge in [-0.3, -0.25) is 4.90 Å². The van der Waals surface area contributed by atoms with Gasteiger partial charge in [-0.2, -0.15) is 0 Å². The van der Waals surface area contributed by atoms with Crippen LogP contribution in [0, 0.1) is 0 Å². The van der Waals surface area contributed by atoms with Crippen LogP contribution in [0.25, 0.3) is 16.5 Å². The van der Waals surface area contributed by atoms with E-state index in [2.05, 4.69) is 58.4 Å². The first-order valence-electron chi connectivity index (χ1n) is 9.02. The van der Waals surface area contributed by atoms with Gasteiger partial charge >= 0.3 is 0 Å². The van der Waals surface area contributed by atoms with Crippen LogP contribution in [0.4, 0.5) is 0 Å². The molecule has 3 aromatic rings. The fraction of sp³-hybridized carbons (Fsp3) is 0.273. The van der Waals surface area contributed by atoms with Crippen LogP contribution in [0.2, 0.25) is 5.02 Å². The average molecular weight is 351 g/mol. The lowest BCUT2D eigenvalue weighted by Crippen LogP contribution is -2.29. The SMILES string of the molecule is Clc1ccc2[nH]ccc2c1CCCN1CC=C(c2ccccc2)CC1. The number of rotatable bonds is 5. The lowest BCUT2D eigenvalue weighted by molar-refractivity contribution is 0.298. The Kier molecular flexibility index (Phi) is 4.91. The van der Waals surface area contributed by atoms with Gasteiger partial charge in [0.15, 0.2) is 0 Å². The lowest BCUT2D eigenvalue weighted by Gasteiger charge is -2.26. The van der Waals surface area contributed by atoms with Crippen molar-refractivity contribution in [2.75, 3.05) is 19.6 Å². The standard InChI is InChI=1S/C22H23ClN2/c23-21-8-9-22-20(10-13-24-22)19(21)7-4-14-25-15-11-18(12-16-25)17-5-2-1-3-6-17/h1-3,5-6,8-11,13,24H,4,7,12,14-16H2. The van der Waals surface area contributed by atoms with E-state index in [9.17, 15) is 0 Å². The Balaban J connectivity index is 1.35. The number of H-pyrrole nitrogens is 1. The molecule has 2 nitrogen and oxygen atoms in total. The maximum Gasteiger partial charge on any atom is 0.0457 e. The van der Waals surface area contributed by atoms with Crippen molar-refractivity contribution < 1.29 is 0 Å². The Morgan fingerprint density at radius 1 is 1.04 bits per heavy atom. The fourth-order valence-corrected chi connectivity index (χ4v) is 3.99. The molecule has 0 atom stereocenters. The van der Waals surface area contributed by atoms with Crippen LogP contribution >= 0.6 is 11.6 Å². The molecule has 0 saturated heterocycles. The van der Waals surface area contributed by atoms with Gasteiger partial charge in [0.05, 0.1) is 0 Å². The average Bonchev–Trinajstić information content (AvgIpc) is 3.14. The molecule has 0 bridgehead atoms. The van der Waals surface area contributed by atoms with E-state index in [1.165, 1.54) is 27.6 Å². The zero-order valence-corrected chi connectivity index (χ0v) is 15.1. The van der Waals surface area contributed by atoms with E-state index in [0.29, 0.717) is 0 Å². The maximum absolute atomic E-state index is 6.43. The van der Waals surface area contributed by atoms with Gasteiger partial charge < -0.3 is 4.98 Å². The van der Waals surface area contributed by atoms with E-state index in [-0.39, 0.29) is 0 Å². The minimum Gasteiger partial charge on any atom is -0.361 e. The van der Waals surface area contributed by atoms with Gasteiger partial charge in [-0.1, -0.05) is 48.0 Å². The molecule has 25 heavy (non-hydrogen) atoms. The molecule has 128 valence electrons. The monoisotopic (exact) mass is 350 g/mol. The first-order valence-corrected chi connectivity index (χ1v) is 9.40. The Morgan fingerprint density at radius 2 is 1.92 bits per heavy atom. The van der Waals surface area contributed by atoms with E-state index in [0.717, 1.165) is 43.9 Å². The number of nitrogens with one attached hydrogen (secondary N) is 1. The van der Waals surface area contributed by atoms with Gasteiger partial charge in [-0.15, -0.1) is 0 Å². The maximum atomic E-state index is 6.43. The van der Waals surface area contributed by atoms with Crippen molar-refractivity contribution in [1.29, 1.82) is 0 Å². The molecule has 2 aromatic carbocycles. The largest absolute Gasteiger partial charge is 0.361 e. The number of benzene rings is 2. The third kappa shape index (κ3) is 3.65. The molecule has 0 amide bonds. The first-order chi connectivity index (χ1) is 12.3. The Bertz CT molecular complexity index is 879. The van der Waals surface area contributed by atoms with Gasteiger partial charge in [0.25, 0.3) is 0 Å². The number of aryl methyl sites for hydroxylation is 1. The molecule has 0 unspecified atom stereocenters. The molecule has 1 aliphatic rings. The Labute approximate surface area is 154 Å². The van der Waals surface area contributed by atoms with Crippen molar-refractivity contribution in [2.45, 2.75) is 19.3 Å². The molecule has 0 fully saturated rings. The summed E-state index contributed by atoms with van der Waals surface area (Å²) in [7, 11) is 0. The van der Waals surface area contributed by atoms with Crippen molar-refractivity contribution in [3.8, 4) is 0 Å². The van der Waals surface area contributed by atoms with Crippen LogP contribution in [0.5, 0.6) is 0 Å². The number of halogens is 1. The molecular weight excluding hydrogens is 328 g/mol. The molecule has 1 N–H and O–H groups in total. The number of aromatic amines is 1. The summed E-state index contributed by atoms with van der Waals surface area (Å²) in [6.07, 6.45) is 7.68. The highest BCUT2D eigenvalue weighted by Crippen LogP contribution is 2.27. The van der Waals surface area contributed by atoms with Gasteiger partial charge in [0, 0.05) is 35.2 Å². The van der Waals surface area contributed by atoms with E-state index in [4.69, 9.17) is 11.6 Å². The zero-order chi connectivity index (χ0) is 17.1. The second-order valence-corrected chi connectivity index (χ2v) is 7.12. The van der Waals surface area contributed by atoms with Crippen molar-refractivity contribution >= 4 is 28.1 Å². The number of nitrogens with zero attached hydrogens (tertiary/aromatic N) is 1. The third-order valence-corrected chi connectivity index (χ3v) is 5.48. The van der Waals surface area contributed by atoms with Crippen LogP contribution in [-0.2, 0) is 6.42 Å². The first kappa shape index (κ1) is 16.4. The highest BCUT2D eigenvalue weighted by Gasteiger charge is 2.13. The summed E-state index contributed by atoms with van der Waals surface area (Å²) in [5.74, 6) is 0. The predicted molar refractivity (Wildman–Crippen MR) is 107 cm³/mol. The number of hydrogen-bond acceptors (Lipinski definition) is 1. The van der Waals surface area contributed by atoms with Crippen molar-refractivity contribution in [3.63, 3.8) is 0 Å². The van der Waals surface area contributed by atoms with Gasteiger partial charge in [0.2, 0.25) is 0 Å². The van der Waals surface area contributed by atoms with E-state index in [1.807, 2.05) is 12.3 Å². The number of fused-ring (bicyclic) bond motifs is 1. The predicted octanol–water partition coefficient (Wildman–Crippen LogP) is 5.54. The molecule has 1 aromatic heterocycles. The molecule has 0 aliphatic carbocycles.